The van der Waals surface area contributed by atoms with Crippen molar-refractivity contribution in [2.75, 3.05) is 6.54 Å². The number of hydrogen-bond donors (Lipinski definition) is 1. The summed E-state index contributed by atoms with van der Waals surface area (Å²) in [6.45, 7) is 2.23. The number of carbonyl (C=O) groups is 1. The Balaban J connectivity index is 1.82. The van der Waals surface area contributed by atoms with Gasteiger partial charge in [0.25, 0.3) is 0 Å². The predicted molar refractivity (Wildman–Crippen MR) is 91.7 cm³/mol. The molecule has 106 valence electrons. The van der Waals surface area contributed by atoms with Crippen LogP contribution in [-0.4, -0.2) is 12.5 Å². The van der Waals surface area contributed by atoms with Gasteiger partial charge in [-0.1, -0.05) is 36.4 Å². The van der Waals surface area contributed by atoms with E-state index in [2.05, 4.69) is 59.9 Å². The summed E-state index contributed by atoms with van der Waals surface area (Å²) in [4.78, 5) is 10.8. The van der Waals surface area contributed by atoms with Gasteiger partial charge in [0.15, 0.2) is 0 Å². The van der Waals surface area contributed by atoms with Crippen molar-refractivity contribution in [3.05, 3.63) is 54.1 Å². The number of nitrogens with one attached hydrogen (secondary N) is 1. The van der Waals surface area contributed by atoms with Gasteiger partial charge in [0.2, 0.25) is 5.91 Å². The zero-order chi connectivity index (χ0) is 14.7. The second-order valence-corrected chi connectivity index (χ2v) is 6.11. The van der Waals surface area contributed by atoms with E-state index in [1.807, 2.05) is 11.3 Å². The van der Waals surface area contributed by atoms with E-state index in [1.165, 1.54) is 25.7 Å². The Bertz CT molecular complexity index is 816. The van der Waals surface area contributed by atoms with Crippen LogP contribution in [0.2, 0.25) is 0 Å². The second kappa shape index (κ2) is 6.10. The lowest BCUT2D eigenvalue weighted by atomic mass is 10.1. The van der Waals surface area contributed by atoms with Gasteiger partial charge in [-0.3, -0.25) is 4.79 Å². The molecule has 0 aliphatic carbocycles. The number of rotatable bonds is 4. The standard InChI is InChI=1S/C18H17NOS/c1-13(20)19-11-5-4-6-14-9-10-18-16(12-14)15-7-2-3-8-17(15)21-18/h2-4,6-10,12H,5,11H2,1H3,(H,19,20). The molecule has 1 N–H and O–H groups in total. The number of fused-ring (bicyclic) bond motifs is 3. The fraction of sp³-hybridized carbons (Fsp3) is 0.167. The van der Waals surface area contributed by atoms with Crippen molar-refractivity contribution in [3.8, 4) is 0 Å². The first-order valence-corrected chi connectivity index (χ1v) is 7.88. The van der Waals surface area contributed by atoms with Crippen molar-refractivity contribution >= 4 is 43.5 Å². The van der Waals surface area contributed by atoms with E-state index in [4.69, 9.17) is 0 Å². The summed E-state index contributed by atoms with van der Waals surface area (Å²) in [5, 5.41) is 5.44. The topological polar surface area (TPSA) is 29.1 Å². The van der Waals surface area contributed by atoms with Crippen LogP contribution in [0.3, 0.4) is 0 Å². The third-order valence-electron chi connectivity index (χ3n) is 3.40. The molecule has 0 atom stereocenters. The van der Waals surface area contributed by atoms with Gasteiger partial charge >= 0.3 is 0 Å². The van der Waals surface area contributed by atoms with Gasteiger partial charge in [0, 0.05) is 33.6 Å². The highest BCUT2D eigenvalue weighted by Gasteiger charge is 2.03. The fourth-order valence-electron chi connectivity index (χ4n) is 2.40. The minimum atomic E-state index is 0.0227. The van der Waals surface area contributed by atoms with E-state index >= 15 is 0 Å². The van der Waals surface area contributed by atoms with Crippen molar-refractivity contribution in [1.82, 2.24) is 5.32 Å². The molecule has 2 nitrogen and oxygen atoms in total. The van der Waals surface area contributed by atoms with Gasteiger partial charge < -0.3 is 5.32 Å². The quantitative estimate of drug-likeness (QED) is 0.701. The Morgan fingerprint density at radius 2 is 1.95 bits per heavy atom. The Morgan fingerprint density at radius 1 is 1.14 bits per heavy atom. The van der Waals surface area contributed by atoms with Crippen molar-refractivity contribution < 1.29 is 4.79 Å². The smallest absolute Gasteiger partial charge is 0.216 e. The molecule has 2 aromatic carbocycles. The third kappa shape index (κ3) is 3.14. The first-order valence-electron chi connectivity index (χ1n) is 7.06. The van der Waals surface area contributed by atoms with Crippen molar-refractivity contribution in [1.29, 1.82) is 0 Å². The van der Waals surface area contributed by atoms with Crippen molar-refractivity contribution in [3.63, 3.8) is 0 Å². The van der Waals surface area contributed by atoms with Gasteiger partial charge in [-0.2, -0.15) is 0 Å². The van der Waals surface area contributed by atoms with Crippen LogP contribution >= 0.6 is 11.3 Å². The van der Waals surface area contributed by atoms with Crippen LogP contribution in [0.15, 0.2) is 48.5 Å². The first-order chi connectivity index (χ1) is 10.2. The number of thiophene rings is 1. The van der Waals surface area contributed by atoms with Crippen LogP contribution in [0.25, 0.3) is 26.2 Å². The fourth-order valence-corrected chi connectivity index (χ4v) is 3.48. The average molecular weight is 295 g/mol. The summed E-state index contributed by atoms with van der Waals surface area (Å²) in [6, 6.07) is 15.1. The first kappa shape index (κ1) is 13.8. The Kier molecular flexibility index (Phi) is 4.02. The molecule has 1 heterocycles. The maximum atomic E-state index is 10.8. The summed E-state index contributed by atoms with van der Waals surface area (Å²) in [5.41, 5.74) is 1.20. The van der Waals surface area contributed by atoms with E-state index in [0.717, 1.165) is 6.42 Å². The summed E-state index contributed by atoms with van der Waals surface area (Å²) in [5.74, 6) is 0.0227. The van der Waals surface area contributed by atoms with E-state index in [1.54, 1.807) is 6.92 Å². The number of benzene rings is 2. The molecule has 0 radical (unpaired) electrons. The third-order valence-corrected chi connectivity index (χ3v) is 4.55. The van der Waals surface area contributed by atoms with Gasteiger partial charge in [-0.15, -0.1) is 11.3 Å². The van der Waals surface area contributed by atoms with E-state index in [-0.39, 0.29) is 5.91 Å². The highest BCUT2D eigenvalue weighted by Crippen LogP contribution is 2.34. The van der Waals surface area contributed by atoms with E-state index < -0.39 is 0 Å². The van der Waals surface area contributed by atoms with Gasteiger partial charge in [0.05, 0.1) is 0 Å². The van der Waals surface area contributed by atoms with Gasteiger partial charge in [0.1, 0.15) is 0 Å². The maximum Gasteiger partial charge on any atom is 0.216 e. The van der Waals surface area contributed by atoms with Crippen LogP contribution in [0.1, 0.15) is 18.9 Å². The molecule has 21 heavy (non-hydrogen) atoms. The van der Waals surface area contributed by atoms with Crippen LogP contribution in [0, 0.1) is 0 Å². The molecular weight excluding hydrogens is 278 g/mol. The molecule has 0 bridgehead atoms. The van der Waals surface area contributed by atoms with Crippen LogP contribution < -0.4 is 5.32 Å². The summed E-state index contributed by atoms with van der Waals surface area (Å²) >= 11 is 1.83. The Labute approximate surface area is 128 Å². The van der Waals surface area contributed by atoms with E-state index in [9.17, 15) is 4.79 Å². The second-order valence-electron chi connectivity index (χ2n) is 5.03. The van der Waals surface area contributed by atoms with Gasteiger partial charge in [-0.25, -0.2) is 0 Å². The zero-order valence-corrected chi connectivity index (χ0v) is 12.7. The molecule has 3 heteroatoms. The molecule has 0 fully saturated rings. The highest BCUT2D eigenvalue weighted by molar-refractivity contribution is 7.25. The monoisotopic (exact) mass is 295 g/mol. The normalized spacial score (nSPS) is 11.5. The molecule has 0 aliphatic heterocycles. The largest absolute Gasteiger partial charge is 0.356 e. The predicted octanol–water partition coefficient (Wildman–Crippen LogP) is 4.59. The molecular formula is C18H17NOS. The maximum absolute atomic E-state index is 10.8. The van der Waals surface area contributed by atoms with Gasteiger partial charge in [-0.05, 0) is 30.2 Å². The molecule has 0 aliphatic rings. The SMILES string of the molecule is CC(=O)NCCC=Cc1ccc2sc3ccccc3c2c1. The zero-order valence-electron chi connectivity index (χ0n) is 11.9. The molecule has 1 aromatic heterocycles. The highest BCUT2D eigenvalue weighted by atomic mass is 32.1. The summed E-state index contributed by atoms with van der Waals surface area (Å²) in [7, 11) is 0. The molecule has 0 saturated heterocycles. The lowest BCUT2D eigenvalue weighted by molar-refractivity contribution is -0.118. The number of hydrogen-bond acceptors (Lipinski definition) is 2. The van der Waals surface area contributed by atoms with Crippen LogP contribution in [0.5, 0.6) is 0 Å². The molecule has 3 rings (SSSR count). The molecule has 0 spiro atoms. The van der Waals surface area contributed by atoms with Crippen molar-refractivity contribution in [2.24, 2.45) is 0 Å². The Morgan fingerprint density at radius 3 is 2.81 bits per heavy atom. The molecule has 3 aromatic rings. The average Bonchev–Trinajstić information content (AvgIpc) is 2.84. The molecule has 1 amide bonds. The lowest BCUT2D eigenvalue weighted by Crippen LogP contribution is -2.20. The van der Waals surface area contributed by atoms with E-state index in [0.29, 0.717) is 6.54 Å². The summed E-state index contributed by atoms with van der Waals surface area (Å²) in [6.07, 6.45) is 5.07. The Hall–Kier alpha value is -2.13. The summed E-state index contributed by atoms with van der Waals surface area (Å²) < 4.78 is 2.66. The number of amides is 1. The van der Waals surface area contributed by atoms with Crippen molar-refractivity contribution in [2.45, 2.75) is 13.3 Å². The minimum Gasteiger partial charge on any atom is -0.356 e. The lowest BCUT2D eigenvalue weighted by Gasteiger charge is -1.98. The molecule has 0 unspecified atom stereocenters. The van der Waals surface area contributed by atoms with Crippen LogP contribution in [-0.2, 0) is 4.79 Å². The number of carbonyl (C=O) groups excluding carboxylic acids is 1. The molecule has 0 saturated carbocycles. The van der Waals surface area contributed by atoms with Crippen LogP contribution in [0.4, 0.5) is 0 Å². The minimum absolute atomic E-state index is 0.0227.